The van der Waals surface area contributed by atoms with Crippen LogP contribution < -0.4 is 0 Å². The van der Waals surface area contributed by atoms with Gasteiger partial charge in [0.25, 0.3) is 0 Å². The van der Waals surface area contributed by atoms with Crippen molar-refractivity contribution in [1.29, 1.82) is 0 Å². The number of hydrogen-bond donors (Lipinski definition) is 0. The first-order valence-electron chi connectivity index (χ1n) is 3.62. The van der Waals surface area contributed by atoms with E-state index in [1.807, 2.05) is 13.8 Å². The van der Waals surface area contributed by atoms with Crippen molar-refractivity contribution in [2.45, 2.75) is 20.0 Å². The van der Waals surface area contributed by atoms with Crippen LogP contribution in [0.25, 0.3) is 0 Å². The molecule has 0 aliphatic carbocycles. The molecule has 1 heterocycles. The first kappa shape index (κ1) is 8.11. The van der Waals surface area contributed by atoms with Gasteiger partial charge in [-0.25, -0.2) is 4.79 Å². The third-order valence-corrected chi connectivity index (χ3v) is 1.85. The lowest BCUT2D eigenvalue weighted by Gasteiger charge is -2.08. The summed E-state index contributed by atoms with van der Waals surface area (Å²) in [4.78, 5) is 10.9. The lowest BCUT2D eigenvalue weighted by Crippen LogP contribution is -2.11. The Labute approximate surface area is 66.0 Å². The second kappa shape index (κ2) is 2.95. The number of methoxy groups -OCH3 is 1. The molecule has 62 valence electrons. The fraction of sp³-hybridized carbons (Fsp3) is 0.625. The number of rotatable bonds is 1. The zero-order valence-electron chi connectivity index (χ0n) is 6.96. The van der Waals surface area contributed by atoms with Gasteiger partial charge in [0.05, 0.1) is 7.11 Å². The van der Waals surface area contributed by atoms with Crippen LogP contribution in [0.4, 0.5) is 0 Å². The van der Waals surface area contributed by atoms with Gasteiger partial charge in [0, 0.05) is 5.92 Å². The van der Waals surface area contributed by atoms with Gasteiger partial charge >= 0.3 is 5.97 Å². The summed E-state index contributed by atoms with van der Waals surface area (Å²) in [6.45, 7) is 3.93. The molecule has 0 aromatic rings. The van der Waals surface area contributed by atoms with Crippen molar-refractivity contribution < 1.29 is 14.3 Å². The molecule has 0 spiro atoms. The smallest absolute Gasteiger partial charge is 0.372 e. The molecule has 1 aliphatic rings. The van der Waals surface area contributed by atoms with E-state index < -0.39 is 0 Å². The van der Waals surface area contributed by atoms with E-state index in [9.17, 15) is 4.79 Å². The van der Waals surface area contributed by atoms with Crippen LogP contribution >= 0.6 is 0 Å². The van der Waals surface area contributed by atoms with Crippen LogP contribution in [0.5, 0.6) is 0 Å². The Morgan fingerprint density at radius 1 is 1.64 bits per heavy atom. The summed E-state index contributed by atoms with van der Waals surface area (Å²) >= 11 is 0. The molecule has 0 bridgehead atoms. The van der Waals surface area contributed by atoms with Gasteiger partial charge in [-0.2, -0.15) is 0 Å². The molecule has 1 aliphatic heterocycles. The zero-order valence-corrected chi connectivity index (χ0v) is 6.96. The van der Waals surface area contributed by atoms with Gasteiger partial charge in [0.15, 0.2) is 0 Å². The average Bonchev–Trinajstić information content (AvgIpc) is 2.31. The number of ether oxygens (including phenoxy) is 2. The van der Waals surface area contributed by atoms with Crippen LogP contribution in [0.15, 0.2) is 11.8 Å². The van der Waals surface area contributed by atoms with Gasteiger partial charge in [-0.05, 0) is 13.0 Å². The highest BCUT2D eigenvalue weighted by Gasteiger charge is 2.26. The van der Waals surface area contributed by atoms with Crippen molar-refractivity contribution in [2.24, 2.45) is 5.92 Å². The maximum absolute atomic E-state index is 10.9. The molecule has 3 nitrogen and oxygen atoms in total. The van der Waals surface area contributed by atoms with E-state index in [1.54, 1.807) is 6.08 Å². The normalized spacial score (nSPS) is 29.2. The highest BCUT2D eigenvalue weighted by atomic mass is 16.6. The van der Waals surface area contributed by atoms with Gasteiger partial charge in [-0.15, -0.1) is 0 Å². The highest BCUT2D eigenvalue weighted by Crippen LogP contribution is 2.22. The largest absolute Gasteiger partial charge is 0.483 e. The van der Waals surface area contributed by atoms with E-state index in [1.165, 1.54) is 7.11 Å². The van der Waals surface area contributed by atoms with E-state index in [0.717, 1.165) is 0 Å². The predicted octanol–water partition coefficient (Wildman–Crippen LogP) is 1.10. The maximum atomic E-state index is 10.9. The lowest BCUT2D eigenvalue weighted by atomic mass is 10.1. The summed E-state index contributed by atoms with van der Waals surface area (Å²) < 4.78 is 9.71. The minimum atomic E-state index is -0.388. The van der Waals surface area contributed by atoms with Gasteiger partial charge in [-0.1, -0.05) is 6.92 Å². The minimum absolute atomic E-state index is 0.0871. The Hall–Kier alpha value is -0.990. The molecule has 0 amide bonds. The van der Waals surface area contributed by atoms with Gasteiger partial charge < -0.3 is 9.47 Å². The minimum Gasteiger partial charge on any atom is -0.483 e. The second-order valence-corrected chi connectivity index (χ2v) is 2.70. The molecule has 1 rings (SSSR count). The third-order valence-electron chi connectivity index (χ3n) is 1.85. The summed E-state index contributed by atoms with van der Waals surface area (Å²) in [5.74, 6) is 0.248. The van der Waals surface area contributed by atoms with Crippen molar-refractivity contribution in [3.8, 4) is 0 Å². The zero-order chi connectivity index (χ0) is 8.43. The molecule has 0 fully saturated rings. The van der Waals surface area contributed by atoms with Crippen LogP contribution in [-0.2, 0) is 14.3 Å². The van der Waals surface area contributed by atoms with Crippen LogP contribution in [0.2, 0.25) is 0 Å². The third kappa shape index (κ3) is 1.53. The number of carbonyl (C=O) groups is 1. The molecular formula is C8H12O3. The Balaban J connectivity index is 2.63. The van der Waals surface area contributed by atoms with Crippen molar-refractivity contribution in [3.63, 3.8) is 0 Å². The van der Waals surface area contributed by atoms with Crippen LogP contribution in [0.3, 0.4) is 0 Å². The molecule has 0 saturated heterocycles. The molecular weight excluding hydrogens is 144 g/mol. The van der Waals surface area contributed by atoms with Crippen LogP contribution in [0.1, 0.15) is 13.8 Å². The molecule has 0 radical (unpaired) electrons. The average molecular weight is 156 g/mol. The molecule has 0 aromatic heterocycles. The van der Waals surface area contributed by atoms with E-state index in [-0.39, 0.29) is 12.1 Å². The lowest BCUT2D eigenvalue weighted by molar-refractivity contribution is -0.140. The molecule has 0 aromatic carbocycles. The topological polar surface area (TPSA) is 35.5 Å². The first-order chi connectivity index (χ1) is 5.15. The highest BCUT2D eigenvalue weighted by molar-refractivity contribution is 5.86. The summed E-state index contributed by atoms with van der Waals surface area (Å²) in [5.41, 5.74) is 0. The summed E-state index contributed by atoms with van der Waals surface area (Å²) in [5, 5.41) is 0. The quantitative estimate of drug-likeness (QED) is 0.533. The Morgan fingerprint density at radius 2 is 2.27 bits per heavy atom. The molecule has 2 unspecified atom stereocenters. The van der Waals surface area contributed by atoms with Crippen molar-refractivity contribution in [1.82, 2.24) is 0 Å². The number of esters is 1. The van der Waals surface area contributed by atoms with E-state index in [2.05, 4.69) is 4.74 Å². The first-order valence-corrected chi connectivity index (χ1v) is 3.62. The molecule has 0 N–H and O–H groups in total. The van der Waals surface area contributed by atoms with E-state index >= 15 is 0 Å². The van der Waals surface area contributed by atoms with Gasteiger partial charge in [0.1, 0.15) is 6.10 Å². The summed E-state index contributed by atoms with van der Waals surface area (Å²) in [7, 11) is 1.35. The fourth-order valence-electron chi connectivity index (χ4n) is 0.938. The Bertz CT molecular complexity index is 196. The Morgan fingerprint density at radius 3 is 2.64 bits per heavy atom. The van der Waals surface area contributed by atoms with Crippen molar-refractivity contribution >= 4 is 5.97 Å². The van der Waals surface area contributed by atoms with Crippen LogP contribution in [0, 0.1) is 5.92 Å². The number of carbonyl (C=O) groups excluding carboxylic acids is 1. The monoisotopic (exact) mass is 156 g/mol. The van der Waals surface area contributed by atoms with E-state index in [4.69, 9.17) is 4.74 Å². The van der Waals surface area contributed by atoms with E-state index in [0.29, 0.717) is 11.7 Å². The van der Waals surface area contributed by atoms with Gasteiger partial charge in [0.2, 0.25) is 5.76 Å². The predicted molar refractivity (Wildman–Crippen MR) is 39.8 cm³/mol. The number of hydrogen-bond acceptors (Lipinski definition) is 3. The van der Waals surface area contributed by atoms with Gasteiger partial charge in [-0.3, -0.25) is 0 Å². The Kier molecular flexibility index (Phi) is 2.17. The van der Waals surface area contributed by atoms with Crippen LogP contribution in [-0.4, -0.2) is 19.2 Å². The molecule has 2 atom stereocenters. The fourth-order valence-corrected chi connectivity index (χ4v) is 0.938. The standard InChI is InChI=1S/C8H12O3/c1-5-4-7(8(9)10-3)11-6(5)2/h4-6H,1-3H3. The SMILES string of the molecule is COC(=O)C1=CC(C)C(C)O1. The van der Waals surface area contributed by atoms with Crippen molar-refractivity contribution in [2.75, 3.05) is 7.11 Å². The summed E-state index contributed by atoms with van der Waals surface area (Å²) in [6.07, 6.45) is 1.88. The summed E-state index contributed by atoms with van der Waals surface area (Å²) in [6, 6.07) is 0. The molecule has 3 heteroatoms. The maximum Gasteiger partial charge on any atom is 0.372 e. The molecule has 11 heavy (non-hydrogen) atoms. The second-order valence-electron chi connectivity index (χ2n) is 2.70. The van der Waals surface area contributed by atoms with Crippen molar-refractivity contribution in [3.05, 3.63) is 11.8 Å². The molecule has 0 saturated carbocycles.